The lowest BCUT2D eigenvalue weighted by Crippen LogP contribution is -2.17. The van der Waals surface area contributed by atoms with Gasteiger partial charge in [-0.2, -0.15) is 0 Å². The van der Waals surface area contributed by atoms with E-state index in [1.165, 1.54) is 44.9 Å². The summed E-state index contributed by atoms with van der Waals surface area (Å²) in [6.07, 6.45) is 14.0. The average Bonchev–Trinajstić information content (AvgIpc) is 3.03. The van der Waals surface area contributed by atoms with Crippen molar-refractivity contribution >= 4 is 11.9 Å². The minimum Gasteiger partial charge on any atom is -0.494 e. The third-order valence-electron chi connectivity index (χ3n) is 7.48. The van der Waals surface area contributed by atoms with E-state index >= 15 is 0 Å². The molecule has 1 unspecified atom stereocenters. The van der Waals surface area contributed by atoms with Crippen molar-refractivity contribution in [3.8, 4) is 22.6 Å². The van der Waals surface area contributed by atoms with Crippen LogP contribution >= 0.6 is 0 Å². The van der Waals surface area contributed by atoms with Crippen LogP contribution in [0, 0.1) is 0 Å². The second-order valence-corrected chi connectivity index (χ2v) is 10.9. The molecule has 226 valence electrons. The van der Waals surface area contributed by atoms with Gasteiger partial charge in [0.15, 0.2) is 0 Å². The van der Waals surface area contributed by atoms with E-state index in [0.29, 0.717) is 16.9 Å². The Morgan fingerprint density at radius 3 is 1.67 bits per heavy atom. The van der Waals surface area contributed by atoms with Crippen molar-refractivity contribution in [3.05, 3.63) is 83.9 Å². The van der Waals surface area contributed by atoms with Gasteiger partial charge in [0.05, 0.1) is 17.7 Å². The number of rotatable bonds is 19. The number of hydrogen-bond acceptors (Lipinski definition) is 5. The van der Waals surface area contributed by atoms with Crippen molar-refractivity contribution < 1.29 is 23.8 Å². The number of hydrogen-bond donors (Lipinski definition) is 0. The Morgan fingerprint density at radius 1 is 0.571 bits per heavy atom. The highest BCUT2D eigenvalue weighted by atomic mass is 16.5. The number of ether oxygens (including phenoxy) is 3. The highest BCUT2D eigenvalue weighted by molar-refractivity contribution is 5.92. The van der Waals surface area contributed by atoms with E-state index in [1.54, 1.807) is 36.4 Å². The molecular formula is C37H48O5. The van der Waals surface area contributed by atoms with Gasteiger partial charge >= 0.3 is 11.9 Å². The second kappa shape index (κ2) is 18.8. The van der Waals surface area contributed by atoms with E-state index in [4.69, 9.17) is 14.2 Å². The van der Waals surface area contributed by atoms with Gasteiger partial charge in [-0.1, -0.05) is 103 Å². The first-order chi connectivity index (χ1) is 20.5. The fourth-order valence-corrected chi connectivity index (χ4v) is 4.79. The van der Waals surface area contributed by atoms with E-state index in [2.05, 4.69) is 13.8 Å². The van der Waals surface area contributed by atoms with Gasteiger partial charge in [-0.25, -0.2) is 9.59 Å². The molecule has 0 aliphatic heterocycles. The summed E-state index contributed by atoms with van der Waals surface area (Å²) in [5.41, 5.74) is 2.96. The van der Waals surface area contributed by atoms with Crippen molar-refractivity contribution in [2.75, 3.05) is 6.61 Å². The third-order valence-corrected chi connectivity index (χ3v) is 7.48. The summed E-state index contributed by atoms with van der Waals surface area (Å²) in [7, 11) is 0. The first-order valence-corrected chi connectivity index (χ1v) is 15.9. The quantitative estimate of drug-likeness (QED) is 0.0812. The Labute approximate surface area is 252 Å². The lowest BCUT2D eigenvalue weighted by Gasteiger charge is -2.15. The monoisotopic (exact) mass is 572 g/mol. The number of unbranched alkanes of at least 4 members (excludes halogenated alkanes) is 8. The maximum absolute atomic E-state index is 12.7. The first-order valence-electron chi connectivity index (χ1n) is 15.9. The molecule has 3 rings (SSSR count). The molecule has 0 radical (unpaired) electrons. The van der Waals surface area contributed by atoms with Crippen LogP contribution in [0.1, 0.15) is 119 Å². The number of benzene rings is 3. The molecule has 0 saturated carbocycles. The smallest absolute Gasteiger partial charge is 0.343 e. The van der Waals surface area contributed by atoms with Gasteiger partial charge in [-0.3, -0.25) is 0 Å². The molecule has 0 aliphatic carbocycles. The Hall–Kier alpha value is -3.60. The van der Waals surface area contributed by atoms with Crippen LogP contribution in [0.25, 0.3) is 11.1 Å². The predicted molar refractivity (Wildman–Crippen MR) is 170 cm³/mol. The largest absolute Gasteiger partial charge is 0.494 e. The van der Waals surface area contributed by atoms with Crippen LogP contribution in [0.4, 0.5) is 0 Å². The summed E-state index contributed by atoms with van der Waals surface area (Å²) in [4.78, 5) is 25.2. The van der Waals surface area contributed by atoms with Crippen LogP contribution in [0.3, 0.4) is 0 Å². The van der Waals surface area contributed by atoms with Crippen LogP contribution in [-0.4, -0.2) is 24.6 Å². The maximum Gasteiger partial charge on any atom is 0.343 e. The zero-order valence-electron chi connectivity index (χ0n) is 25.7. The molecule has 0 saturated heterocycles. The minimum absolute atomic E-state index is 0.0752. The Morgan fingerprint density at radius 2 is 1.07 bits per heavy atom. The molecule has 0 spiro atoms. The van der Waals surface area contributed by atoms with Gasteiger partial charge in [0, 0.05) is 0 Å². The summed E-state index contributed by atoms with van der Waals surface area (Å²) in [5.74, 6) is 0.450. The molecule has 0 N–H and O–H groups in total. The van der Waals surface area contributed by atoms with Gasteiger partial charge in [-0.15, -0.1) is 0 Å². The van der Waals surface area contributed by atoms with Crippen LogP contribution in [-0.2, 0) is 4.74 Å². The number of esters is 2. The molecule has 5 heteroatoms. The molecule has 5 nitrogen and oxygen atoms in total. The second-order valence-electron chi connectivity index (χ2n) is 10.9. The number of carbonyl (C=O) groups is 2. The maximum atomic E-state index is 12.7. The Balaban J connectivity index is 1.43. The summed E-state index contributed by atoms with van der Waals surface area (Å²) < 4.78 is 17.1. The predicted octanol–water partition coefficient (Wildman–Crippen LogP) is 10.2. The van der Waals surface area contributed by atoms with Crippen LogP contribution in [0.2, 0.25) is 0 Å². The van der Waals surface area contributed by atoms with E-state index in [9.17, 15) is 9.59 Å². The van der Waals surface area contributed by atoms with Crippen molar-refractivity contribution in [1.82, 2.24) is 0 Å². The van der Waals surface area contributed by atoms with Crippen molar-refractivity contribution in [1.29, 1.82) is 0 Å². The SMILES string of the molecule is CCCCCCCCCCOc1ccc(-c2ccc(C(=O)Oc3ccc(C(=O)OC(CC)CCCC)cc3)cc2)cc1. The lowest BCUT2D eigenvalue weighted by molar-refractivity contribution is 0.0268. The molecule has 0 fully saturated rings. The Bertz CT molecular complexity index is 1180. The minimum atomic E-state index is -0.452. The summed E-state index contributed by atoms with van der Waals surface area (Å²) in [5, 5.41) is 0. The summed E-state index contributed by atoms with van der Waals surface area (Å²) in [6, 6.07) is 21.9. The van der Waals surface area contributed by atoms with Gasteiger partial charge in [-0.05, 0) is 78.9 Å². The normalized spacial score (nSPS) is 11.6. The van der Waals surface area contributed by atoms with Gasteiger partial charge in [0.1, 0.15) is 17.6 Å². The van der Waals surface area contributed by atoms with Crippen LogP contribution in [0.15, 0.2) is 72.8 Å². The summed E-state index contributed by atoms with van der Waals surface area (Å²) in [6.45, 7) is 7.14. The van der Waals surface area contributed by atoms with Crippen LogP contribution in [0.5, 0.6) is 11.5 Å². The van der Waals surface area contributed by atoms with Crippen molar-refractivity contribution in [3.63, 3.8) is 0 Å². The van der Waals surface area contributed by atoms with Gasteiger partial charge in [0.25, 0.3) is 0 Å². The van der Waals surface area contributed by atoms with Gasteiger partial charge < -0.3 is 14.2 Å². The van der Waals surface area contributed by atoms with E-state index in [1.807, 2.05) is 43.3 Å². The summed E-state index contributed by atoms with van der Waals surface area (Å²) >= 11 is 0. The molecule has 3 aromatic carbocycles. The zero-order valence-corrected chi connectivity index (χ0v) is 25.7. The van der Waals surface area contributed by atoms with Crippen molar-refractivity contribution in [2.45, 2.75) is 104 Å². The molecule has 0 heterocycles. The third kappa shape index (κ3) is 11.3. The highest BCUT2D eigenvalue weighted by Gasteiger charge is 2.15. The highest BCUT2D eigenvalue weighted by Crippen LogP contribution is 2.24. The molecule has 0 bridgehead atoms. The molecule has 3 aromatic rings. The fourth-order valence-electron chi connectivity index (χ4n) is 4.79. The molecule has 42 heavy (non-hydrogen) atoms. The Kier molecular flexibility index (Phi) is 14.7. The standard InChI is InChI=1S/C37H48O5/c1-4-7-9-10-11-12-13-14-28-40-34-24-20-30(21-25-34)29-16-18-31(19-17-29)37(39)42-35-26-22-32(23-27-35)36(38)41-33(6-3)15-8-5-2/h16-27,33H,4-15,28H2,1-3H3. The molecule has 1 atom stereocenters. The van der Waals surface area contributed by atoms with E-state index in [-0.39, 0.29) is 12.1 Å². The van der Waals surface area contributed by atoms with Gasteiger partial charge in [0.2, 0.25) is 0 Å². The molecule has 0 aliphatic rings. The first kappa shape index (κ1) is 32.9. The van der Waals surface area contributed by atoms with Crippen LogP contribution < -0.4 is 9.47 Å². The molecular weight excluding hydrogens is 524 g/mol. The fraction of sp³-hybridized carbons (Fsp3) is 0.459. The topological polar surface area (TPSA) is 61.8 Å². The molecule has 0 amide bonds. The van der Waals surface area contributed by atoms with E-state index < -0.39 is 5.97 Å². The molecule has 0 aromatic heterocycles. The number of carbonyl (C=O) groups excluding carboxylic acids is 2. The van der Waals surface area contributed by atoms with Crippen molar-refractivity contribution in [2.24, 2.45) is 0 Å². The zero-order chi connectivity index (χ0) is 30.0. The lowest BCUT2D eigenvalue weighted by atomic mass is 10.0. The van der Waals surface area contributed by atoms with E-state index in [0.717, 1.165) is 55.6 Å². The average molecular weight is 573 g/mol.